The summed E-state index contributed by atoms with van der Waals surface area (Å²) in [6.07, 6.45) is 4.84. The van der Waals surface area contributed by atoms with E-state index in [4.69, 9.17) is 0 Å². The van der Waals surface area contributed by atoms with Gasteiger partial charge in [0, 0.05) is 29.3 Å². The molecule has 0 saturated carbocycles. The van der Waals surface area contributed by atoms with Gasteiger partial charge in [0.25, 0.3) is 0 Å². The highest BCUT2D eigenvalue weighted by atomic mass is 16.1. The van der Waals surface area contributed by atoms with E-state index in [1.54, 1.807) is 12.3 Å². The van der Waals surface area contributed by atoms with E-state index in [1.165, 1.54) is 6.08 Å². The Morgan fingerprint density at radius 2 is 1.46 bits per heavy atom. The van der Waals surface area contributed by atoms with Gasteiger partial charge in [0.15, 0.2) is 0 Å². The number of nitrogens with one attached hydrogen (secondary N) is 2. The zero-order valence-electron chi connectivity index (χ0n) is 13.0. The summed E-state index contributed by atoms with van der Waals surface area (Å²) in [6.45, 7) is 0. The van der Waals surface area contributed by atoms with E-state index in [9.17, 15) is 4.79 Å². The van der Waals surface area contributed by atoms with Crippen molar-refractivity contribution in [3.8, 4) is 0 Å². The third-order valence-corrected chi connectivity index (χ3v) is 3.31. The molecule has 4 nitrogen and oxygen atoms in total. The Hall–Kier alpha value is -3.40. The van der Waals surface area contributed by atoms with Crippen LogP contribution < -0.4 is 10.6 Å². The van der Waals surface area contributed by atoms with Crippen molar-refractivity contribution in [3.63, 3.8) is 0 Å². The maximum atomic E-state index is 11.9. The van der Waals surface area contributed by atoms with Crippen LogP contribution in [-0.4, -0.2) is 10.9 Å². The number of rotatable bonds is 5. The smallest absolute Gasteiger partial charge is 0.248 e. The molecule has 0 bridgehead atoms. The maximum absolute atomic E-state index is 11.9. The molecule has 4 heteroatoms. The number of para-hydroxylation sites is 1. The molecule has 0 radical (unpaired) electrons. The molecule has 0 unspecified atom stereocenters. The highest BCUT2D eigenvalue weighted by molar-refractivity contribution is 6.01. The topological polar surface area (TPSA) is 54.0 Å². The van der Waals surface area contributed by atoms with Crippen molar-refractivity contribution in [1.82, 2.24) is 4.98 Å². The SMILES string of the molecule is O=C(/C=C\c1ccccn1)Nc1ccc(Nc2ccccc2)cc1. The molecule has 2 N–H and O–H groups in total. The summed E-state index contributed by atoms with van der Waals surface area (Å²) in [5.41, 5.74) is 3.47. The Morgan fingerprint density at radius 3 is 2.17 bits per heavy atom. The fraction of sp³-hybridized carbons (Fsp3) is 0. The van der Waals surface area contributed by atoms with Crippen LogP contribution in [0.1, 0.15) is 5.69 Å². The molecule has 1 aromatic heterocycles. The Morgan fingerprint density at radius 1 is 0.792 bits per heavy atom. The summed E-state index contributed by atoms with van der Waals surface area (Å²) >= 11 is 0. The number of nitrogens with zero attached hydrogens (tertiary/aromatic N) is 1. The van der Waals surface area contributed by atoms with Gasteiger partial charge in [0.05, 0.1) is 5.69 Å². The lowest BCUT2D eigenvalue weighted by atomic mass is 10.2. The van der Waals surface area contributed by atoms with Gasteiger partial charge >= 0.3 is 0 Å². The Labute approximate surface area is 140 Å². The predicted octanol–water partition coefficient (Wildman–Crippen LogP) is 4.48. The number of carbonyl (C=O) groups excluding carboxylic acids is 1. The van der Waals surface area contributed by atoms with Crippen LogP contribution in [-0.2, 0) is 4.79 Å². The molecule has 0 aliphatic heterocycles. The maximum Gasteiger partial charge on any atom is 0.248 e. The van der Waals surface area contributed by atoms with Gasteiger partial charge in [0.1, 0.15) is 0 Å². The zero-order valence-corrected chi connectivity index (χ0v) is 13.0. The van der Waals surface area contributed by atoms with Crippen molar-refractivity contribution in [1.29, 1.82) is 0 Å². The van der Waals surface area contributed by atoms with Crippen LogP contribution >= 0.6 is 0 Å². The minimum atomic E-state index is -0.190. The fourth-order valence-corrected chi connectivity index (χ4v) is 2.14. The van der Waals surface area contributed by atoms with Crippen molar-refractivity contribution >= 4 is 29.0 Å². The lowest BCUT2D eigenvalue weighted by molar-refractivity contribution is -0.111. The molecule has 118 valence electrons. The Balaban J connectivity index is 1.58. The van der Waals surface area contributed by atoms with Crippen molar-refractivity contribution < 1.29 is 4.79 Å². The van der Waals surface area contributed by atoms with E-state index >= 15 is 0 Å². The average molecular weight is 315 g/mol. The number of hydrogen-bond donors (Lipinski definition) is 2. The van der Waals surface area contributed by atoms with Gasteiger partial charge in [-0.25, -0.2) is 0 Å². The highest BCUT2D eigenvalue weighted by Crippen LogP contribution is 2.18. The van der Waals surface area contributed by atoms with Gasteiger partial charge in [-0.3, -0.25) is 9.78 Å². The van der Waals surface area contributed by atoms with E-state index in [1.807, 2.05) is 72.8 Å². The molecular formula is C20H17N3O. The lowest BCUT2D eigenvalue weighted by Crippen LogP contribution is -2.07. The van der Waals surface area contributed by atoms with E-state index in [-0.39, 0.29) is 5.91 Å². The first-order chi connectivity index (χ1) is 11.8. The summed E-state index contributed by atoms with van der Waals surface area (Å²) in [5, 5.41) is 6.12. The van der Waals surface area contributed by atoms with Crippen molar-refractivity contribution in [2.75, 3.05) is 10.6 Å². The Kier molecular flexibility index (Phi) is 5.00. The molecule has 3 aromatic rings. The highest BCUT2D eigenvalue weighted by Gasteiger charge is 1.99. The lowest BCUT2D eigenvalue weighted by Gasteiger charge is -2.07. The number of carbonyl (C=O) groups is 1. The molecule has 0 fully saturated rings. The predicted molar refractivity (Wildman–Crippen MR) is 98.1 cm³/mol. The van der Waals surface area contributed by atoms with Gasteiger partial charge in [0.2, 0.25) is 5.91 Å². The van der Waals surface area contributed by atoms with E-state index in [0.717, 1.165) is 22.8 Å². The van der Waals surface area contributed by atoms with Crippen LogP contribution in [0.4, 0.5) is 17.1 Å². The number of anilines is 3. The van der Waals surface area contributed by atoms with E-state index < -0.39 is 0 Å². The van der Waals surface area contributed by atoms with E-state index in [2.05, 4.69) is 15.6 Å². The minimum Gasteiger partial charge on any atom is -0.356 e. The second-order valence-corrected chi connectivity index (χ2v) is 5.15. The van der Waals surface area contributed by atoms with Crippen LogP contribution in [0.25, 0.3) is 6.08 Å². The zero-order chi connectivity index (χ0) is 16.6. The number of pyridine rings is 1. The van der Waals surface area contributed by atoms with Gasteiger partial charge in [-0.1, -0.05) is 24.3 Å². The van der Waals surface area contributed by atoms with Crippen LogP contribution in [0.2, 0.25) is 0 Å². The second-order valence-electron chi connectivity index (χ2n) is 5.15. The van der Waals surface area contributed by atoms with Crippen molar-refractivity contribution in [2.24, 2.45) is 0 Å². The van der Waals surface area contributed by atoms with Gasteiger partial charge < -0.3 is 10.6 Å². The summed E-state index contributed by atoms with van der Waals surface area (Å²) in [7, 11) is 0. The van der Waals surface area contributed by atoms with Crippen LogP contribution in [0.5, 0.6) is 0 Å². The summed E-state index contributed by atoms with van der Waals surface area (Å²) in [6, 6.07) is 23.0. The molecule has 2 aromatic carbocycles. The molecule has 24 heavy (non-hydrogen) atoms. The summed E-state index contributed by atoms with van der Waals surface area (Å²) < 4.78 is 0. The summed E-state index contributed by atoms with van der Waals surface area (Å²) in [5.74, 6) is -0.190. The number of benzene rings is 2. The first-order valence-corrected chi connectivity index (χ1v) is 7.62. The average Bonchev–Trinajstić information content (AvgIpc) is 2.63. The van der Waals surface area contributed by atoms with Gasteiger partial charge in [-0.15, -0.1) is 0 Å². The Bertz CT molecular complexity index is 813. The van der Waals surface area contributed by atoms with Crippen LogP contribution in [0.3, 0.4) is 0 Å². The standard InChI is InChI=1S/C20H17N3O/c24-20(14-13-16-6-4-5-15-21-16)23-19-11-9-18(10-12-19)22-17-7-2-1-3-8-17/h1-15,22H,(H,23,24)/b14-13-. The molecule has 1 heterocycles. The molecule has 0 aliphatic carbocycles. The quantitative estimate of drug-likeness (QED) is 0.683. The molecular weight excluding hydrogens is 298 g/mol. The largest absolute Gasteiger partial charge is 0.356 e. The van der Waals surface area contributed by atoms with Gasteiger partial charge in [-0.05, 0) is 54.6 Å². The third-order valence-electron chi connectivity index (χ3n) is 3.31. The number of hydrogen-bond acceptors (Lipinski definition) is 3. The second kappa shape index (κ2) is 7.74. The molecule has 1 amide bonds. The molecule has 0 spiro atoms. The molecule has 3 rings (SSSR count). The van der Waals surface area contributed by atoms with Crippen molar-refractivity contribution in [3.05, 3.63) is 90.8 Å². The fourth-order valence-electron chi connectivity index (χ4n) is 2.14. The molecule has 0 saturated heterocycles. The number of aromatic nitrogens is 1. The number of amides is 1. The monoisotopic (exact) mass is 315 g/mol. The third kappa shape index (κ3) is 4.55. The first-order valence-electron chi connectivity index (χ1n) is 7.62. The van der Waals surface area contributed by atoms with E-state index in [0.29, 0.717) is 0 Å². The molecule has 0 atom stereocenters. The van der Waals surface area contributed by atoms with Crippen LogP contribution in [0, 0.1) is 0 Å². The first kappa shape index (κ1) is 15.5. The van der Waals surface area contributed by atoms with Crippen LogP contribution in [0.15, 0.2) is 85.1 Å². The summed E-state index contributed by atoms with van der Waals surface area (Å²) in [4.78, 5) is 16.1. The van der Waals surface area contributed by atoms with Gasteiger partial charge in [-0.2, -0.15) is 0 Å². The minimum absolute atomic E-state index is 0.190. The van der Waals surface area contributed by atoms with Crippen molar-refractivity contribution in [2.45, 2.75) is 0 Å². The normalized spacial score (nSPS) is 10.5. The molecule has 0 aliphatic rings.